The van der Waals surface area contributed by atoms with Crippen molar-refractivity contribution < 1.29 is 4.79 Å². The summed E-state index contributed by atoms with van der Waals surface area (Å²) >= 11 is 0. The Balaban J connectivity index is 2.02. The number of carbonyl (C=O) groups is 1. The first kappa shape index (κ1) is 13.1. The average Bonchev–Trinajstić information content (AvgIpc) is 2.76. The Bertz CT molecular complexity index is 418. The third kappa shape index (κ3) is 2.72. The summed E-state index contributed by atoms with van der Waals surface area (Å²) in [6, 6.07) is 0. The Kier molecular flexibility index (Phi) is 3.71. The maximum Gasteiger partial charge on any atom is 0.230 e. The molecule has 5 nitrogen and oxygen atoms in total. The monoisotopic (exact) mass is 250 g/mol. The van der Waals surface area contributed by atoms with E-state index in [2.05, 4.69) is 15.7 Å². The Hall–Kier alpha value is -1.36. The molecule has 0 saturated carbocycles. The molecular formula is C13H22N4O. The van der Waals surface area contributed by atoms with Gasteiger partial charge in [0.25, 0.3) is 0 Å². The zero-order chi connectivity index (χ0) is 13.2. The Morgan fingerprint density at radius 1 is 1.61 bits per heavy atom. The molecule has 1 amide bonds. The molecule has 2 rings (SSSR count). The predicted molar refractivity (Wildman–Crippen MR) is 71.2 cm³/mol. The van der Waals surface area contributed by atoms with Crippen LogP contribution in [0.3, 0.4) is 0 Å². The molecule has 1 aliphatic heterocycles. The van der Waals surface area contributed by atoms with Crippen LogP contribution >= 0.6 is 0 Å². The molecule has 18 heavy (non-hydrogen) atoms. The maximum absolute atomic E-state index is 12.4. The van der Waals surface area contributed by atoms with E-state index in [9.17, 15) is 4.79 Å². The van der Waals surface area contributed by atoms with Crippen LogP contribution in [0.2, 0.25) is 0 Å². The zero-order valence-electron chi connectivity index (χ0n) is 11.4. The number of nitrogens with zero attached hydrogens (tertiary/aromatic N) is 2. The molecular weight excluding hydrogens is 228 g/mol. The molecule has 5 heteroatoms. The van der Waals surface area contributed by atoms with E-state index in [1.54, 1.807) is 10.9 Å². The van der Waals surface area contributed by atoms with Crippen LogP contribution in [0.15, 0.2) is 12.4 Å². The van der Waals surface area contributed by atoms with Gasteiger partial charge in [0.1, 0.15) is 0 Å². The molecule has 2 N–H and O–H groups in total. The van der Waals surface area contributed by atoms with Gasteiger partial charge < -0.3 is 10.6 Å². The molecule has 1 saturated heterocycles. The van der Waals surface area contributed by atoms with Gasteiger partial charge in [-0.3, -0.25) is 9.48 Å². The highest BCUT2D eigenvalue weighted by Gasteiger charge is 2.37. The van der Waals surface area contributed by atoms with E-state index >= 15 is 0 Å². The molecule has 0 spiro atoms. The van der Waals surface area contributed by atoms with Crippen LogP contribution in [-0.2, 0) is 11.8 Å². The van der Waals surface area contributed by atoms with Gasteiger partial charge >= 0.3 is 0 Å². The molecule has 100 valence electrons. The number of piperidine rings is 1. The van der Waals surface area contributed by atoms with E-state index in [-0.39, 0.29) is 11.3 Å². The second-order valence-electron chi connectivity index (χ2n) is 5.62. The number of amides is 1. The first-order chi connectivity index (χ1) is 8.50. The van der Waals surface area contributed by atoms with Crippen molar-refractivity contribution in [1.29, 1.82) is 0 Å². The van der Waals surface area contributed by atoms with Crippen LogP contribution in [0, 0.1) is 11.3 Å². The number of rotatable bonds is 3. The van der Waals surface area contributed by atoms with Gasteiger partial charge in [0, 0.05) is 18.7 Å². The fraction of sp³-hybridized carbons (Fsp3) is 0.692. The van der Waals surface area contributed by atoms with Crippen molar-refractivity contribution in [1.82, 2.24) is 15.1 Å². The van der Waals surface area contributed by atoms with E-state index < -0.39 is 0 Å². The summed E-state index contributed by atoms with van der Waals surface area (Å²) in [6.07, 6.45) is 5.74. The first-order valence-electron chi connectivity index (χ1n) is 6.51. The Morgan fingerprint density at radius 2 is 2.39 bits per heavy atom. The van der Waals surface area contributed by atoms with Crippen molar-refractivity contribution in [2.75, 3.05) is 18.4 Å². The summed E-state index contributed by atoms with van der Waals surface area (Å²) in [5.74, 6) is 0.465. The molecule has 1 aromatic heterocycles. The molecule has 0 aliphatic carbocycles. The van der Waals surface area contributed by atoms with Gasteiger partial charge in [0.2, 0.25) is 5.91 Å². The molecule has 1 unspecified atom stereocenters. The number of anilines is 1. The lowest BCUT2D eigenvalue weighted by molar-refractivity contribution is -0.127. The summed E-state index contributed by atoms with van der Waals surface area (Å²) < 4.78 is 1.69. The largest absolute Gasteiger partial charge is 0.323 e. The van der Waals surface area contributed by atoms with Crippen molar-refractivity contribution in [3.05, 3.63) is 12.4 Å². The van der Waals surface area contributed by atoms with E-state index in [1.807, 2.05) is 27.1 Å². The summed E-state index contributed by atoms with van der Waals surface area (Å²) in [4.78, 5) is 12.4. The smallest absolute Gasteiger partial charge is 0.230 e. The normalized spacial score (nSPS) is 20.7. The van der Waals surface area contributed by atoms with Gasteiger partial charge in [-0.2, -0.15) is 5.10 Å². The third-order valence-corrected chi connectivity index (χ3v) is 3.87. The second kappa shape index (κ2) is 5.10. The molecule has 0 radical (unpaired) electrons. The predicted octanol–water partition coefficient (Wildman–Crippen LogP) is 1.38. The van der Waals surface area contributed by atoms with Gasteiger partial charge in [-0.1, -0.05) is 13.8 Å². The van der Waals surface area contributed by atoms with Crippen LogP contribution in [0.4, 0.5) is 5.69 Å². The van der Waals surface area contributed by atoms with E-state index in [4.69, 9.17) is 0 Å². The van der Waals surface area contributed by atoms with Crippen molar-refractivity contribution in [2.24, 2.45) is 18.4 Å². The van der Waals surface area contributed by atoms with Crippen molar-refractivity contribution in [2.45, 2.75) is 26.7 Å². The summed E-state index contributed by atoms with van der Waals surface area (Å²) in [5, 5.41) is 10.4. The first-order valence-corrected chi connectivity index (χ1v) is 6.51. The fourth-order valence-corrected chi connectivity index (χ4v) is 2.43. The molecule has 2 heterocycles. The number of nitrogens with one attached hydrogen (secondary N) is 2. The van der Waals surface area contributed by atoms with E-state index in [0.29, 0.717) is 5.92 Å². The van der Waals surface area contributed by atoms with Crippen LogP contribution in [0.25, 0.3) is 0 Å². The molecule has 1 atom stereocenters. The minimum absolute atomic E-state index is 0.0733. The SMILES string of the molecule is Cn1cc(NC(=O)C(C)(C)C2CCCNC2)cn1. The lowest BCUT2D eigenvalue weighted by atomic mass is 9.74. The molecule has 1 aromatic rings. The van der Waals surface area contributed by atoms with Gasteiger partial charge in [-0.25, -0.2) is 0 Å². The second-order valence-corrected chi connectivity index (χ2v) is 5.62. The molecule has 1 aliphatic rings. The topological polar surface area (TPSA) is 59.0 Å². The number of carbonyl (C=O) groups excluding carboxylic acids is 1. The van der Waals surface area contributed by atoms with Gasteiger partial charge in [0.15, 0.2) is 0 Å². The van der Waals surface area contributed by atoms with Gasteiger partial charge in [-0.05, 0) is 31.8 Å². The summed E-state index contributed by atoms with van der Waals surface area (Å²) in [5.41, 5.74) is 0.405. The standard InChI is InChI=1S/C13H22N4O/c1-13(2,10-5-4-6-14-7-10)12(18)16-11-8-15-17(3)9-11/h8-10,14H,4-7H2,1-3H3,(H,16,18). The fourth-order valence-electron chi connectivity index (χ4n) is 2.43. The lowest BCUT2D eigenvalue weighted by Crippen LogP contribution is -2.44. The Morgan fingerprint density at radius 3 is 2.94 bits per heavy atom. The average molecular weight is 250 g/mol. The van der Waals surface area contributed by atoms with Crippen molar-refractivity contribution in [3.63, 3.8) is 0 Å². The van der Waals surface area contributed by atoms with Crippen LogP contribution in [0.5, 0.6) is 0 Å². The van der Waals surface area contributed by atoms with Crippen LogP contribution < -0.4 is 10.6 Å². The third-order valence-electron chi connectivity index (χ3n) is 3.87. The summed E-state index contributed by atoms with van der Waals surface area (Å²) in [7, 11) is 1.84. The van der Waals surface area contributed by atoms with E-state index in [0.717, 1.165) is 31.6 Å². The highest BCUT2D eigenvalue weighted by molar-refractivity contribution is 5.94. The number of hydrogen-bond acceptors (Lipinski definition) is 3. The van der Waals surface area contributed by atoms with Crippen LogP contribution in [-0.4, -0.2) is 28.8 Å². The van der Waals surface area contributed by atoms with Crippen molar-refractivity contribution in [3.8, 4) is 0 Å². The van der Waals surface area contributed by atoms with E-state index in [1.165, 1.54) is 0 Å². The lowest BCUT2D eigenvalue weighted by Gasteiger charge is -2.35. The molecule has 0 aromatic carbocycles. The number of aryl methyl sites for hydroxylation is 1. The number of hydrogen-bond donors (Lipinski definition) is 2. The quantitative estimate of drug-likeness (QED) is 0.852. The van der Waals surface area contributed by atoms with Gasteiger partial charge in [-0.15, -0.1) is 0 Å². The maximum atomic E-state index is 12.4. The van der Waals surface area contributed by atoms with Gasteiger partial charge in [0.05, 0.1) is 11.9 Å². The highest BCUT2D eigenvalue weighted by atomic mass is 16.2. The highest BCUT2D eigenvalue weighted by Crippen LogP contribution is 2.32. The number of aromatic nitrogens is 2. The molecule has 1 fully saturated rings. The Labute approximate surface area is 108 Å². The molecule has 0 bridgehead atoms. The minimum Gasteiger partial charge on any atom is -0.323 e. The van der Waals surface area contributed by atoms with Crippen molar-refractivity contribution >= 4 is 11.6 Å². The minimum atomic E-state index is -0.358. The zero-order valence-corrected chi connectivity index (χ0v) is 11.4. The summed E-state index contributed by atoms with van der Waals surface area (Å²) in [6.45, 7) is 6.04. The van der Waals surface area contributed by atoms with Crippen LogP contribution in [0.1, 0.15) is 26.7 Å².